The van der Waals surface area contributed by atoms with Crippen LogP contribution >= 0.6 is 0 Å². The molecule has 3 rings (SSSR count). The zero-order valence-corrected chi connectivity index (χ0v) is 19.5. The second kappa shape index (κ2) is 7.89. The Morgan fingerprint density at radius 2 is 1.70 bits per heavy atom. The number of amides is 2. The molecule has 0 N–H and O–H groups in total. The average molecular weight is 428 g/mol. The highest BCUT2D eigenvalue weighted by Crippen LogP contribution is 2.36. The van der Waals surface area contributed by atoms with Crippen molar-refractivity contribution < 1.29 is 14.0 Å². The minimum atomic E-state index is -1.85. The van der Waals surface area contributed by atoms with Crippen LogP contribution in [0.5, 0.6) is 0 Å². The number of imidazole rings is 1. The lowest BCUT2D eigenvalue weighted by Crippen LogP contribution is -2.52. The molecule has 2 amide bonds. The van der Waals surface area contributed by atoms with E-state index in [1.165, 1.54) is 9.24 Å². The zero-order valence-electron chi connectivity index (χ0n) is 18.5. The van der Waals surface area contributed by atoms with E-state index in [0.717, 1.165) is 10.6 Å². The number of piperidine rings is 1. The van der Waals surface area contributed by atoms with E-state index in [-0.39, 0.29) is 29.7 Å². The first-order chi connectivity index (χ1) is 13.9. The fourth-order valence-electron chi connectivity index (χ4n) is 3.13. The molecule has 0 spiro atoms. The molecule has 1 aromatic heterocycles. The average Bonchev–Trinajstić information content (AvgIpc) is 2.89. The SMILES string of the molecule is Cn1c(=O)n(N2C(=O)CCCC2=O)c2ccc(C#CCO[Si](C)(C)C(C)(C)C)cc21. The molecular weight excluding hydrogens is 398 g/mol. The van der Waals surface area contributed by atoms with Crippen molar-refractivity contribution in [3.63, 3.8) is 0 Å². The van der Waals surface area contributed by atoms with Gasteiger partial charge in [-0.25, -0.2) is 4.79 Å². The number of carbonyl (C=O) groups is 2. The summed E-state index contributed by atoms with van der Waals surface area (Å²) in [5, 5.41) is 1.10. The van der Waals surface area contributed by atoms with Crippen molar-refractivity contribution in [3.8, 4) is 11.8 Å². The van der Waals surface area contributed by atoms with Crippen LogP contribution in [0.2, 0.25) is 18.1 Å². The van der Waals surface area contributed by atoms with Crippen LogP contribution in [-0.2, 0) is 21.1 Å². The lowest BCUT2D eigenvalue weighted by molar-refractivity contribution is -0.131. The number of fused-ring (bicyclic) bond motifs is 1. The van der Waals surface area contributed by atoms with Crippen LogP contribution in [0.4, 0.5) is 0 Å². The van der Waals surface area contributed by atoms with Crippen molar-refractivity contribution >= 4 is 31.2 Å². The summed E-state index contributed by atoms with van der Waals surface area (Å²) in [5.41, 5.74) is 1.43. The van der Waals surface area contributed by atoms with E-state index < -0.39 is 14.0 Å². The summed E-state index contributed by atoms with van der Waals surface area (Å²) in [7, 11) is -0.230. The summed E-state index contributed by atoms with van der Waals surface area (Å²) in [6.07, 6.45) is 1.03. The highest BCUT2D eigenvalue weighted by molar-refractivity contribution is 6.74. The molecule has 1 fully saturated rings. The Bertz CT molecular complexity index is 1110. The Morgan fingerprint density at radius 1 is 1.07 bits per heavy atom. The topological polar surface area (TPSA) is 73.5 Å². The third kappa shape index (κ3) is 4.00. The lowest BCUT2D eigenvalue weighted by Gasteiger charge is -2.35. The van der Waals surface area contributed by atoms with Crippen molar-refractivity contribution in [1.29, 1.82) is 0 Å². The summed E-state index contributed by atoms with van der Waals surface area (Å²) < 4.78 is 8.69. The Kier molecular flexibility index (Phi) is 5.80. The first kappa shape index (κ1) is 22.1. The van der Waals surface area contributed by atoms with E-state index in [0.29, 0.717) is 24.1 Å². The van der Waals surface area contributed by atoms with Crippen molar-refractivity contribution in [2.24, 2.45) is 7.05 Å². The van der Waals surface area contributed by atoms with Gasteiger partial charge in [-0.15, -0.1) is 0 Å². The summed E-state index contributed by atoms with van der Waals surface area (Å²) in [5.74, 6) is 5.44. The molecular formula is C22H29N3O4Si. The molecule has 30 heavy (non-hydrogen) atoms. The minimum absolute atomic E-state index is 0.123. The highest BCUT2D eigenvalue weighted by atomic mass is 28.4. The Hall–Kier alpha value is -2.63. The van der Waals surface area contributed by atoms with E-state index in [2.05, 4.69) is 45.7 Å². The standard InChI is InChI=1S/C22H29N3O4Si/c1-22(2,3)30(5,6)29-14-8-9-16-12-13-17-18(15-16)23(4)21(28)24(17)25-19(26)10-7-11-20(25)27/h12-13,15H,7,10-11,14H2,1-6H3. The predicted octanol–water partition coefficient (Wildman–Crippen LogP) is 2.89. The van der Waals surface area contributed by atoms with Gasteiger partial charge in [0, 0.05) is 25.5 Å². The van der Waals surface area contributed by atoms with Crippen molar-refractivity contribution in [3.05, 3.63) is 34.2 Å². The van der Waals surface area contributed by atoms with E-state index in [4.69, 9.17) is 4.43 Å². The number of imide groups is 1. The fourth-order valence-corrected chi connectivity index (χ4v) is 3.99. The number of aromatic nitrogens is 2. The van der Waals surface area contributed by atoms with Crippen LogP contribution in [0.3, 0.4) is 0 Å². The Morgan fingerprint density at radius 3 is 2.30 bits per heavy atom. The van der Waals surface area contributed by atoms with Crippen LogP contribution in [0.1, 0.15) is 45.6 Å². The molecule has 1 aromatic carbocycles. The lowest BCUT2D eigenvalue weighted by atomic mass is 10.1. The van der Waals surface area contributed by atoms with Gasteiger partial charge in [0.2, 0.25) is 11.8 Å². The maximum Gasteiger partial charge on any atom is 0.348 e. The monoisotopic (exact) mass is 427 g/mol. The van der Waals surface area contributed by atoms with Gasteiger partial charge in [0.15, 0.2) is 8.32 Å². The van der Waals surface area contributed by atoms with Crippen LogP contribution in [0.25, 0.3) is 11.0 Å². The van der Waals surface area contributed by atoms with Gasteiger partial charge in [0.1, 0.15) is 0 Å². The first-order valence-electron chi connectivity index (χ1n) is 10.1. The number of carbonyl (C=O) groups excluding carboxylic acids is 2. The smallest absolute Gasteiger partial charge is 0.348 e. The number of hydrogen-bond acceptors (Lipinski definition) is 4. The number of benzene rings is 1. The molecule has 1 aliphatic heterocycles. The zero-order chi connectivity index (χ0) is 22.3. The molecule has 0 unspecified atom stereocenters. The van der Waals surface area contributed by atoms with Gasteiger partial charge < -0.3 is 4.43 Å². The summed E-state index contributed by atoms with van der Waals surface area (Å²) in [4.78, 5) is 37.4. The van der Waals surface area contributed by atoms with Gasteiger partial charge in [0.05, 0.1) is 17.6 Å². The summed E-state index contributed by atoms with van der Waals surface area (Å²) in [6.45, 7) is 11.3. The molecule has 0 atom stereocenters. The molecule has 0 saturated carbocycles. The fraction of sp³-hybridized carbons (Fsp3) is 0.500. The molecule has 1 aliphatic rings. The first-order valence-corrected chi connectivity index (χ1v) is 13.1. The van der Waals surface area contributed by atoms with Crippen molar-refractivity contribution in [2.75, 3.05) is 11.6 Å². The van der Waals surface area contributed by atoms with Gasteiger partial charge in [-0.2, -0.15) is 9.69 Å². The van der Waals surface area contributed by atoms with E-state index in [1.807, 2.05) is 0 Å². The highest BCUT2D eigenvalue weighted by Gasteiger charge is 2.36. The van der Waals surface area contributed by atoms with Crippen molar-refractivity contribution in [1.82, 2.24) is 9.24 Å². The Labute approximate surface area is 177 Å². The normalized spacial score (nSPS) is 15.5. The molecule has 0 bridgehead atoms. The van der Waals surface area contributed by atoms with E-state index >= 15 is 0 Å². The summed E-state index contributed by atoms with van der Waals surface area (Å²) >= 11 is 0. The van der Waals surface area contributed by atoms with E-state index in [1.54, 1.807) is 25.2 Å². The van der Waals surface area contributed by atoms with E-state index in [9.17, 15) is 14.4 Å². The molecule has 7 nitrogen and oxygen atoms in total. The van der Waals surface area contributed by atoms with Gasteiger partial charge in [0.25, 0.3) is 0 Å². The second-order valence-electron chi connectivity index (χ2n) is 9.16. The summed E-state index contributed by atoms with van der Waals surface area (Å²) in [6, 6.07) is 5.31. The Balaban J connectivity index is 1.90. The van der Waals surface area contributed by atoms with Gasteiger partial charge in [-0.3, -0.25) is 14.2 Å². The predicted molar refractivity (Wildman–Crippen MR) is 119 cm³/mol. The quantitative estimate of drug-likeness (QED) is 0.429. The molecule has 160 valence electrons. The molecule has 0 aliphatic carbocycles. The minimum Gasteiger partial charge on any atom is -0.406 e. The third-order valence-electron chi connectivity index (χ3n) is 6.03. The molecule has 0 radical (unpaired) electrons. The van der Waals surface area contributed by atoms with Crippen LogP contribution in [0, 0.1) is 11.8 Å². The van der Waals surface area contributed by atoms with Crippen molar-refractivity contribution in [2.45, 2.75) is 58.2 Å². The number of rotatable bonds is 3. The van der Waals surface area contributed by atoms with Crippen LogP contribution in [0.15, 0.2) is 23.0 Å². The molecule has 2 aromatic rings. The number of nitrogens with zero attached hydrogens (tertiary/aromatic N) is 3. The largest absolute Gasteiger partial charge is 0.406 e. The molecule has 1 saturated heterocycles. The van der Waals surface area contributed by atoms with Gasteiger partial charge >= 0.3 is 5.69 Å². The van der Waals surface area contributed by atoms with Crippen LogP contribution in [-0.4, -0.2) is 36.0 Å². The molecule has 8 heteroatoms. The third-order valence-corrected chi connectivity index (χ3v) is 10.5. The number of hydrogen-bond donors (Lipinski definition) is 0. The van der Waals surface area contributed by atoms with Gasteiger partial charge in [-0.1, -0.05) is 32.6 Å². The maximum atomic E-state index is 12.8. The maximum absolute atomic E-state index is 12.8. The van der Waals surface area contributed by atoms with Crippen LogP contribution < -0.4 is 10.7 Å². The number of aryl methyl sites for hydroxylation is 1. The van der Waals surface area contributed by atoms with Gasteiger partial charge in [-0.05, 0) is 42.8 Å². The molecule has 2 heterocycles. The second-order valence-corrected chi connectivity index (χ2v) is 14.0.